The number of carbonyl (C=O) groups is 2. The molecule has 0 aliphatic carbocycles. The molecule has 4 aliphatic rings. The first-order valence-electron chi connectivity index (χ1n) is 9.34. The van der Waals surface area contributed by atoms with Gasteiger partial charge in [0.1, 0.15) is 0 Å². The van der Waals surface area contributed by atoms with Crippen LogP contribution in [0.5, 0.6) is 0 Å². The molecule has 0 N–H and O–H groups in total. The number of hydrogen-bond donors (Lipinski definition) is 0. The fourth-order valence-electron chi connectivity index (χ4n) is 4.83. The number of likely N-dealkylation sites (N-methyl/N-ethyl adjacent to an activating group) is 1. The number of likely N-dealkylation sites (tertiary alicyclic amines) is 2. The number of quaternary nitrogens is 1. The van der Waals surface area contributed by atoms with Gasteiger partial charge in [0.25, 0.3) is 0 Å². The topological polar surface area (TPSA) is 104 Å². The molecule has 2 bridgehead atoms. The van der Waals surface area contributed by atoms with Crippen LogP contribution in [0.4, 0.5) is 0 Å². The number of fused-ring (bicyclic) bond motifs is 5. The third-order valence-corrected chi connectivity index (χ3v) is 6.13. The lowest BCUT2D eigenvalue weighted by Crippen LogP contribution is -2.52. The summed E-state index contributed by atoms with van der Waals surface area (Å²) in [5.41, 5.74) is 0. The van der Waals surface area contributed by atoms with Crippen LogP contribution in [0.2, 0.25) is 0 Å². The normalized spacial score (nSPS) is 35.3. The van der Waals surface area contributed by atoms with E-state index in [1.54, 1.807) is 4.90 Å². The van der Waals surface area contributed by atoms with E-state index >= 15 is 0 Å². The zero-order chi connectivity index (χ0) is 19.1. The number of hydrogen-bond acceptors (Lipinski definition) is 6. The summed E-state index contributed by atoms with van der Waals surface area (Å²) in [6, 6.07) is 0. The average molecular weight is 388 g/mol. The molecule has 0 saturated carbocycles. The number of nitrogens with zero attached hydrogens (tertiary/aromatic N) is 2. The summed E-state index contributed by atoms with van der Waals surface area (Å²) in [6.07, 6.45) is 6.39. The van der Waals surface area contributed by atoms with Gasteiger partial charge in [-0.15, -0.1) is 0 Å². The molecule has 2 amide bonds. The summed E-state index contributed by atoms with van der Waals surface area (Å²) in [4.78, 5) is 26.7. The number of piperidine rings is 1. The molecule has 8 nitrogen and oxygen atoms in total. The summed E-state index contributed by atoms with van der Waals surface area (Å²) in [6.45, 7) is 3.86. The first kappa shape index (κ1) is 19.7. The predicted octanol–water partition coefficient (Wildman–Crippen LogP) is -0.0593. The average Bonchev–Trinajstić information content (AvgIpc) is 3.20. The summed E-state index contributed by atoms with van der Waals surface area (Å²) in [7, 11) is -1.65. The van der Waals surface area contributed by atoms with Crippen LogP contribution in [0.3, 0.4) is 0 Å². The third kappa shape index (κ3) is 4.11. The molecule has 0 unspecified atom stereocenters. The minimum Gasteiger partial charge on any atom is -0.748 e. The molecule has 9 heteroatoms. The minimum absolute atomic E-state index is 0.0150. The summed E-state index contributed by atoms with van der Waals surface area (Å²) in [5.74, 6) is -0.243. The van der Waals surface area contributed by atoms with Crippen molar-refractivity contribution < 1.29 is 31.8 Å². The van der Waals surface area contributed by atoms with E-state index in [2.05, 4.69) is 7.05 Å². The Balaban J connectivity index is 0.000000349. The molecule has 4 saturated heterocycles. The van der Waals surface area contributed by atoms with Gasteiger partial charge >= 0.3 is 0 Å². The molecule has 0 aromatic carbocycles. The highest BCUT2D eigenvalue weighted by molar-refractivity contribution is 7.84. The van der Waals surface area contributed by atoms with E-state index in [9.17, 15) is 9.59 Å². The molecule has 0 aromatic rings. The largest absolute Gasteiger partial charge is 0.748 e. The van der Waals surface area contributed by atoms with E-state index in [4.69, 9.17) is 17.7 Å². The van der Waals surface area contributed by atoms with Gasteiger partial charge < -0.3 is 13.8 Å². The smallest absolute Gasteiger partial charge is 0.236 e. The van der Waals surface area contributed by atoms with E-state index in [1.165, 1.54) is 32.4 Å². The van der Waals surface area contributed by atoms with E-state index in [1.807, 2.05) is 0 Å². The lowest BCUT2D eigenvalue weighted by Gasteiger charge is -2.38. The van der Waals surface area contributed by atoms with Gasteiger partial charge in [0.2, 0.25) is 11.8 Å². The molecule has 0 aromatic heterocycles. The van der Waals surface area contributed by atoms with Crippen molar-refractivity contribution in [2.75, 3.05) is 39.5 Å². The number of ether oxygens (including phenoxy) is 1. The third-order valence-electron chi connectivity index (χ3n) is 6.13. The highest BCUT2D eigenvalue weighted by Crippen LogP contribution is 2.48. The number of amides is 2. The van der Waals surface area contributed by atoms with E-state index in [0.717, 1.165) is 23.9 Å². The van der Waals surface area contributed by atoms with E-state index in [0.29, 0.717) is 12.8 Å². The van der Waals surface area contributed by atoms with Crippen LogP contribution < -0.4 is 0 Å². The van der Waals surface area contributed by atoms with Crippen molar-refractivity contribution in [3.8, 4) is 0 Å². The van der Waals surface area contributed by atoms with Crippen LogP contribution in [0, 0.1) is 11.8 Å². The number of imide groups is 1. The van der Waals surface area contributed by atoms with Crippen LogP contribution in [0.25, 0.3) is 0 Å². The highest BCUT2D eigenvalue weighted by atomic mass is 32.2. The van der Waals surface area contributed by atoms with Gasteiger partial charge in [-0.05, 0) is 32.1 Å². The van der Waals surface area contributed by atoms with Crippen molar-refractivity contribution >= 4 is 21.9 Å². The predicted molar refractivity (Wildman–Crippen MR) is 91.9 cm³/mol. The van der Waals surface area contributed by atoms with Crippen molar-refractivity contribution in [3.63, 3.8) is 0 Å². The van der Waals surface area contributed by atoms with Crippen molar-refractivity contribution in [3.05, 3.63) is 0 Å². The minimum atomic E-state index is -3.92. The van der Waals surface area contributed by atoms with Gasteiger partial charge in [-0.2, -0.15) is 0 Å². The van der Waals surface area contributed by atoms with Crippen LogP contribution in [-0.4, -0.2) is 85.9 Å². The SMILES string of the molecule is CS(=O)(=O)[O-].C[N+]1(CCN2C(=O)[C@@H]3[C@H](C2=O)[C@H]2CC[C@@H]3O2)CCCCC1. The lowest BCUT2D eigenvalue weighted by atomic mass is 9.81. The highest BCUT2D eigenvalue weighted by Gasteiger charge is 2.62. The van der Waals surface area contributed by atoms with Crippen LogP contribution in [-0.2, 0) is 24.4 Å². The summed E-state index contributed by atoms with van der Waals surface area (Å²) in [5, 5.41) is 0. The fourth-order valence-corrected chi connectivity index (χ4v) is 4.83. The molecule has 4 atom stereocenters. The first-order chi connectivity index (χ1) is 12.1. The monoisotopic (exact) mass is 388 g/mol. The first-order valence-corrected chi connectivity index (χ1v) is 11.2. The van der Waals surface area contributed by atoms with E-state index in [-0.39, 0.29) is 35.9 Å². The fraction of sp³-hybridized carbons (Fsp3) is 0.882. The Morgan fingerprint density at radius 1 is 1.08 bits per heavy atom. The standard InChI is InChI=1S/C16H25N2O3.CH4O3S/c1-18(8-3-2-4-9-18)10-7-17-15(19)13-11-5-6-12(21-11)14(13)16(17)20;1-5(2,3)4/h11-14H,2-10H2,1H3;1H3,(H,2,3,4)/q+1;/p-1/t11-,12+,13-,14+;. The van der Waals surface area contributed by atoms with Crippen molar-refractivity contribution in [1.29, 1.82) is 0 Å². The maximum absolute atomic E-state index is 12.6. The second-order valence-corrected chi connectivity index (χ2v) is 9.63. The van der Waals surface area contributed by atoms with Crippen molar-refractivity contribution in [1.82, 2.24) is 4.90 Å². The molecule has 148 valence electrons. The number of rotatable bonds is 3. The van der Waals surface area contributed by atoms with Crippen LogP contribution in [0.15, 0.2) is 0 Å². The van der Waals surface area contributed by atoms with Crippen LogP contribution in [0.1, 0.15) is 32.1 Å². The lowest BCUT2D eigenvalue weighted by molar-refractivity contribution is -0.913. The Hall–Kier alpha value is -1.03. The Kier molecular flexibility index (Phi) is 5.45. The van der Waals surface area contributed by atoms with Crippen molar-refractivity contribution in [2.45, 2.75) is 44.3 Å². The van der Waals surface area contributed by atoms with E-state index < -0.39 is 10.1 Å². The summed E-state index contributed by atoms with van der Waals surface area (Å²) >= 11 is 0. The zero-order valence-electron chi connectivity index (χ0n) is 15.4. The Morgan fingerprint density at radius 3 is 2.00 bits per heavy atom. The van der Waals surface area contributed by atoms with Gasteiger partial charge in [0.15, 0.2) is 0 Å². The maximum Gasteiger partial charge on any atom is 0.236 e. The maximum atomic E-state index is 12.6. The van der Waals surface area contributed by atoms with Crippen molar-refractivity contribution in [2.24, 2.45) is 11.8 Å². The second-order valence-electron chi connectivity index (χ2n) is 8.23. The molecule has 4 heterocycles. The van der Waals surface area contributed by atoms with Crippen LogP contribution >= 0.6 is 0 Å². The van der Waals surface area contributed by atoms with Gasteiger partial charge in [0.05, 0.1) is 67.4 Å². The molecule has 4 aliphatic heterocycles. The summed E-state index contributed by atoms with van der Waals surface area (Å²) < 4.78 is 34.0. The molecule has 4 rings (SSSR count). The molecule has 0 spiro atoms. The Bertz CT molecular complexity index is 637. The Labute approximate surface area is 154 Å². The van der Waals surface area contributed by atoms with Gasteiger partial charge in [-0.3, -0.25) is 14.5 Å². The molecular weight excluding hydrogens is 360 g/mol. The quantitative estimate of drug-likeness (QED) is 0.381. The second kappa shape index (κ2) is 7.18. The van der Waals surface area contributed by atoms with Gasteiger partial charge in [-0.1, -0.05) is 0 Å². The molecule has 0 radical (unpaired) electrons. The van der Waals surface area contributed by atoms with Gasteiger partial charge in [0, 0.05) is 6.26 Å². The molecule has 4 fully saturated rings. The Morgan fingerprint density at radius 2 is 1.54 bits per heavy atom. The molecular formula is C17H28N2O6S. The number of carbonyl (C=O) groups excluding carboxylic acids is 2. The molecule has 26 heavy (non-hydrogen) atoms. The zero-order valence-corrected chi connectivity index (χ0v) is 16.2. The van der Waals surface area contributed by atoms with Gasteiger partial charge in [-0.25, -0.2) is 8.42 Å².